The number of rotatable bonds is 5. The molecule has 0 radical (unpaired) electrons. The van der Waals surface area contributed by atoms with Gasteiger partial charge in [0.1, 0.15) is 5.76 Å². The van der Waals surface area contributed by atoms with E-state index in [1.807, 2.05) is 68.2 Å². The van der Waals surface area contributed by atoms with Crippen LogP contribution in [0, 0.1) is 13.8 Å². The second-order valence-electron chi connectivity index (χ2n) is 8.10. The highest BCUT2D eigenvalue weighted by molar-refractivity contribution is 6.30. The van der Waals surface area contributed by atoms with Crippen LogP contribution >= 0.6 is 11.6 Å². The number of nitrogens with zero attached hydrogens (tertiary/aromatic N) is 5. The van der Waals surface area contributed by atoms with Crippen molar-refractivity contribution < 1.29 is 9.32 Å². The van der Waals surface area contributed by atoms with Gasteiger partial charge in [0.05, 0.1) is 23.9 Å². The molecule has 0 bridgehead atoms. The third-order valence-corrected chi connectivity index (χ3v) is 5.97. The Labute approximate surface area is 187 Å². The van der Waals surface area contributed by atoms with E-state index in [4.69, 9.17) is 21.1 Å². The maximum Gasteiger partial charge on any atom is 0.227 e. The van der Waals surface area contributed by atoms with Crippen LogP contribution in [-0.2, 0) is 11.2 Å². The zero-order chi connectivity index (χ0) is 22.1. The normalized spacial score (nSPS) is 16.0. The Hall–Kier alpha value is -2.93. The fourth-order valence-electron chi connectivity index (χ4n) is 4.09. The van der Waals surface area contributed by atoms with E-state index in [0.29, 0.717) is 23.3 Å². The van der Waals surface area contributed by atoms with Gasteiger partial charge < -0.3 is 14.3 Å². The minimum Gasteiger partial charge on any atom is -0.361 e. The number of aryl methyl sites for hydroxylation is 2. The topological polar surface area (TPSA) is 75.4 Å². The summed E-state index contributed by atoms with van der Waals surface area (Å²) in [7, 11) is 3.82. The smallest absolute Gasteiger partial charge is 0.227 e. The molecule has 1 aliphatic rings. The molecule has 31 heavy (non-hydrogen) atoms. The zero-order valence-corrected chi connectivity index (χ0v) is 19.0. The molecule has 0 N–H and O–H groups in total. The second-order valence-corrected chi connectivity index (χ2v) is 8.53. The fraction of sp³-hybridized carbons (Fsp3) is 0.391. The van der Waals surface area contributed by atoms with Gasteiger partial charge in [-0.1, -0.05) is 28.9 Å². The number of benzene rings is 1. The Kier molecular flexibility index (Phi) is 5.96. The van der Waals surface area contributed by atoms with E-state index in [-0.39, 0.29) is 18.4 Å². The molecule has 0 unspecified atom stereocenters. The van der Waals surface area contributed by atoms with Crippen LogP contribution in [0.1, 0.15) is 41.6 Å². The molecule has 8 heteroatoms. The van der Waals surface area contributed by atoms with Gasteiger partial charge in [-0.2, -0.15) is 0 Å². The molecule has 1 atom stereocenters. The van der Waals surface area contributed by atoms with Gasteiger partial charge in [-0.05, 0) is 44.4 Å². The Balaban J connectivity index is 1.72. The minimum absolute atomic E-state index is 0.0546. The van der Waals surface area contributed by atoms with Gasteiger partial charge in [0.25, 0.3) is 0 Å². The van der Waals surface area contributed by atoms with Crippen LogP contribution in [0.5, 0.6) is 0 Å². The van der Waals surface area contributed by atoms with Crippen molar-refractivity contribution in [3.63, 3.8) is 0 Å². The summed E-state index contributed by atoms with van der Waals surface area (Å²) in [4.78, 5) is 26.5. The van der Waals surface area contributed by atoms with Gasteiger partial charge in [0, 0.05) is 43.0 Å². The number of hydrogen-bond acceptors (Lipinski definition) is 6. The highest BCUT2D eigenvalue weighted by Crippen LogP contribution is 2.38. The van der Waals surface area contributed by atoms with Crippen molar-refractivity contribution in [1.29, 1.82) is 0 Å². The van der Waals surface area contributed by atoms with E-state index in [0.717, 1.165) is 40.9 Å². The molecule has 0 spiro atoms. The fourth-order valence-corrected chi connectivity index (χ4v) is 4.28. The molecule has 0 aliphatic carbocycles. The van der Waals surface area contributed by atoms with Crippen LogP contribution in [-0.4, -0.2) is 46.6 Å². The first-order chi connectivity index (χ1) is 14.8. The van der Waals surface area contributed by atoms with Crippen molar-refractivity contribution >= 4 is 23.5 Å². The van der Waals surface area contributed by atoms with E-state index in [9.17, 15) is 4.79 Å². The van der Waals surface area contributed by atoms with Crippen LogP contribution in [0.3, 0.4) is 0 Å². The summed E-state index contributed by atoms with van der Waals surface area (Å²) in [5, 5.41) is 4.63. The van der Waals surface area contributed by atoms with E-state index in [2.05, 4.69) is 10.1 Å². The largest absolute Gasteiger partial charge is 0.361 e. The summed E-state index contributed by atoms with van der Waals surface area (Å²) < 4.78 is 5.24. The molecular weight excluding hydrogens is 414 g/mol. The monoisotopic (exact) mass is 439 g/mol. The summed E-state index contributed by atoms with van der Waals surface area (Å²) in [5.41, 5.74) is 4.32. The average Bonchev–Trinajstić information content (AvgIpc) is 3.36. The Morgan fingerprint density at radius 3 is 2.81 bits per heavy atom. The lowest BCUT2D eigenvalue weighted by Gasteiger charge is -2.27. The van der Waals surface area contributed by atoms with Crippen molar-refractivity contribution in [3.8, 4) is 11.1 Å². The number of carbonyl (C=O) groups is 1. The Morgan fingerprint density at radius 2 is 2.13 bits per heavy atom. The first-order valence-electron chi connectivity index (χ1n) is 10.4. The maximum atomic E-state index is 13.3. The van der Waals surface area contributed by atoms with Crippen molar-refractivity contribution in [3.05, 3.63) is 58.2 Å². The zero-order valence-electron chi connectivity index (χ0n) is 18.2. The molecule has 1 aromatic carbocycles. The van der Waals surface area contributed by atoms with Gasteiger partial charge >= 0.3 is 0 Å². The lowest BCUT2D eigenvalue weighted by Crippen LogP contribution is -2.33. The van der Waals surface area contributed by atoms with Crippen LogP contribution < -0.4 is 4.90 Å². The minimum atomic E-state index is -0.122. The number of hydrogen-bond donors (Lipinski definition) is 0. The summed E-state index contributed by atoms with van der Waals surface area (Å²) in [6, 6.07) is 7.53. The standard InChI is InChI=1S/C23H26ClN5O2/c1-14-18(15(2)31-27-14)12-21(30)29-10-6-9-20(29)22-19(13-25-23(26-22)28(3)4)16-7-5-8-17(24)11-16/h5,7-8,11,13,20H,6,9-10,12H2,1-4H3/t20-/m1/s1. The molecular formula is C23H26ClN5O2. The summed E-state index contributed by atoms with van der Waals surface area (Å²) in [6.07, 6.45) is 3.88. The highest BCUT2D eigenvalue weighted by atomic mass is 35.5. The Bertz CT molecular complexity index is 1090. The van der Waals surface area contributed by atoms with Gasteiger partial charge in [-0.3, -0.25) is 4.79 Å². The van der Waals surface area contributed by atoms with Crippen molar-refractivity contribution in [2.24, 2.45) is 0 Å². The van der Waals surface area contributed by atoms with Gasteiger partial charge in [0.2, 0.25) is 11.9 Å². The van der Waals surface area contributed by atoms with E-state index in [1.165, 1.54) is 0 Å². The van der Waals surface area contributed by atoms with E-state index >= 15 is 0 Å². The number of amides is 1. The molecule has 3 aromatic rings. The second kappa shape index (κ2) is 8.67. The van der Waals surface area contributed by atoms with Crippen LogP contribution in [0.25, 0.3) is 11.1 Å². The molecule has 162 valence electrons. The lowest BCUT2D eigenvalue weighted by molar-refractivity contribution is -0.131. The molecule has 2 aromatic heterocycles. The highest BCUT2D eigenvalue weighted by Gasteiger charge is 2.34. The first kappa shape index (κ1) is 21.3. The van der Waals surface area contributed by atoms with E-state index < -0.39 is 0 Å². The molecule has 1 aliphatic heterocycles. The quantitative estimate of drug-likeness (QED) is 0.587. The SMILES string of the molecule is Cc1noc(C)c1CC(=O)N1CCC[C@@H]1c1nc(N(C)C)ncc1-c1cccc(Cl)c1. The number of likely N-dealkylation sites (tertiary alicyclic amines) is 1. The summed E-state index contributed by atoms with van der Waals surface area (Å²) >= 11 is 6.25. The summed E-state index contributed by atoms with van der Waals surface area (Å²) in [5.74, 6) is 1.36. The average molecular weight is 440 g/mol. The molecule has 7 nitrogen and oxygen atoms in total. The first-order valence-corrected chi connectivity index (χ1v) is 10.7. The molecule has 1 fully saturated rings. The summed E-state index contributed by atoms with van der Waals surface area (Å²) in [6.45, 7) is 4.41. The van der Waals surface area contributed by atoms with Crippen LogP contribution in [0.4, 0.5) is 5.95 Å². The molecule has 0 saturated carbocycles. The van der Waals surface area contributed by atoms with Gasteiger partial charge in [0.15, 0.2) is 0 Å². The third-order valence-electron chi connectivity index (χ3n) is 5.74. The molecule has 1 saturated heterocycles. The number of halogens is 1. The Morgan fingerprint density at radius 1 is 1.32 bits per heavy atom. The maximum absolute atomic E-state index is 13.3. The number of aromatic nitrogens is 3. The van der Waals surface area contributed by atoms with E-state index in [1.54, 1.807) is 0 Å². The van der Waals surface area contributed by atoms with Gasteiger partial charge in [-0.15, -0.1) is 0 Å². The third kappa shape index (κ3) is 4.28. The van der Waals surface area contributed by atoms with Crippen molar-refractivity contribution in [2.45, 2.75) is 39.2 Å². The predicted molar refractivity (Wildman–Crippen MR) is 120 cm³/mol. The predicted octanol–water partition coefficient (Wildman–Crippen LogP) is 4.37. The number of anilines is 1. The molecule has 3 heterocycles. The van der Waals surface area contributed by atoms with Crippen LogP contribution in [0.2, 0.25) is 5.02 Å². The van der Waals surface area contributed by atoms with Crippen molar-refractivity contribution in [1.82, 2.24) is 20.0 Å². The van der Waals surface area contributed by atoms with Crippen molar-refractivity contribution in [2.75, 3.05) is 25.5 Å². The molecule has 1 amide bonds. The lowest BCUT2D eigenvalue weighted by atomic mass is 9.99. The number of carbonyl (C=O) groups excluding carboxylic acids is 1. The van der Waals surface area contributed by atoms with Gasteiger partial charge in [-0.25, -0.2) is 9.97 Å². The molecule has 4 rings (SSSR count). The van der Waals surface area contributed by atoms with Crippen LogP contribution in [0.15, 0.2) is 35.0 Å².